The molecule has 0 saturated carbocycles. The summed E-state index contributed by atoms with van der Waals surface area (Å²) in [5.41, 5.74) is 2.29. The van der Waals surface area contributed by atoms with E-state index in [1.165, 1.54) is 34.4 Å². The minimum atomic E-state index is -0.584. The van der Waals surface area contributed by atoms with Gasteiger partial charge in [0.05, 0.1) is 42.1 Å². The minimum absolute atomic E-state index is 0.000589. The van der Waals surface area contributed by atoms with Gasteiger partial charge < -0.3 is 14.2 Å². The first-order valence-electron chi connectivity index (χ1n) is 10.9. The standard InChI is InChI=1S/C25H22N2O6S/c1-31-18-7-4-15(5-8-18)22-26-17(14-34-22)13-33-25(30)16-6-9-20-21(11-16)24(29)27(23(20)28)12-19-3-2-10-32-19/h4-9,11,14,19H,2-3,10,12-13H2,1H3. The Hall–Kier alpha value is -3.56. The third kappa shape index (κ3) is 4.32. The van der Waals surface area contributed by atoms with Gasteiger partial charge in [0, 0.05) is 17.6 Å². The van der Waals surface area contributed by atoms with E-state index in [4.69, 9.17) is 14.2 Å². The summed E-state index contributed by atoms with van der Waals surface area (Å²) in [4.78, 5) is 43.8. The van der Waals surface area contributed by atoms with Crippen molar-refractivity contribution >= 4 is 29.1 Å². The van der Waals surface area contributed by atoms with Gasteiger partial charge in [0.15, 0.2) is 0 Å². The van der Waals surface area contributed by atoms with Gasteiger partial charge in [-0.2, -0.15) is 0 Å². The monoisotopic (exact) mass is 478 g/mol. The molecule has 1 aromatic heterocycles. The molecular formula is C25H22N2O6S. The van der Waals surface area contributed by atoms with Gasteiger partial charge in [0.1, 0.15) is 17.4 Å². The Morgan fingerprint density at radius 3 is 2.68 bits per heavy atom. The molecule has 1 atom stereocenters. The summed E-state index contributed by atoms with van der Waals surface area (Å²) < 4.78 is 16.1. The number of methoxy groups -OCH3 is 1. The van der Waals surface area contributed by atoms with Crippen LogP contribution in [0.15, 0.2) is 47.8 Å². The number of thiazole rings is 1. The predicted molar refractivity (Wildman–Crippen MR) is 124 cm³/mol. The first kappa shape index (κ1) is 22.2. The molecule has 9 heteroatoms. The largest absolute Gasteiger partial charge is 0.497 e. The van der Waals surface area contributed by atoms with E-state index < -0.39 is 11.9 Å². The van der Waals surface area contributed by atoms with Crippen LogP contribution in [0, 0.1) is 0 Å². The highest BCUT2D eigenvalue weighted by molar-refractivity contribution is 7.13. The number of benzene rings is 2. The minimum Gasteiger partial charge on any atom is -0.497 e. The molecule has 1 fully saturated rings. The van der Waals surface area contributed by atoms with Crippen molar-refractivity contribution in [3.8, 4) is 16.3 Å². The van der Waals surface area contributed by atoms with Gasteiger partial charge in [-0.25, -0.2) is 9.78 Å². The average molecular weight is 479 g/mol. The number of rotatable bonds is 7. The van der Waals surface area contributed by atoms with E-state index in [1.54, 1.807) is 7.11 Å². The third-order valence-corrected chi connectivity index (χ3v) is 6.80. The molecule has 2 amide bonds. The Morgan fingerprint density at radius 1 is 1.15 bits per heavy atom. The van der Waals surface area contributed by atoms with Crippen LogP contribution in [0.25, 0.3) is 10.6 Å². The molecule has 5 rings (SSSR count). The van der Waals surface area contributed by atoms with E-state index in [9.17, 15) is 14.4 Å². The highest BCUT2D eigenvalue weighted by Gasteiger charge is 2.38. The van der Waals surface area contributed by atoms with Crippen LogP contribution < -0.4 is 4.74 Å². The van der Waals surface area contributed by atoms with E-state index >= 15 is 0 Å². The van der Waals surface area contributed by atoms with Gasteiger partial charge in [-0.3, -0.25) is 14.5 Å². The number of carbonyl (C=O) groups is 3. The Kier molecular flexibility index (Phi) is 6.12. The maximum Gasteiger partial charge on any atom is 0.338 e. The summed E-state index contributed by atoms with van der Waals surface area (Å²) >= 11 is 1.45. The molecule has 0 bridgehead atoms. The molecule has 0 radical (unpaired) electrons. The average Bonchev–Trinajstić information content (AvgIpc) is 3.61. The van der Waals surface area contributed by atoms with Gasteiger partial charge in [-0.15, -0.1) is 11.3 Å². The fourth-order valence-corrected chi connectivity index (χ4v) is 4.85. The topological polar surface area (TPSA) is 95.0 Å². The second-order valence-corrected chi connectivity index (χ2v) is 8.92. The van der Waals surface area contributed by atoms with E-state index in [0.29, 0.717) is 17.9 Å². The van der Waals surface area contributed by atoms with Gasteiger partial charge in [-0.05, 0) is 55.3 Å². The van der Waals surface area contributed by atoms with Crippen LogP contribution in [0.2, 0.25) is 0 Å². The van der Waals surface area contributed by atoms with Crippen molar-refractivity contribution in [2.75, 3.05) is 20.3 Å². The summed E-state index contributed by atoms with van der Waals surface area (Å²) in [7, 11) is 1.61. The number of imide groups is 1. The zero-order valence-electron chi connectivity index (χ0n) is 18.5. The molecule has 8 nitrogen and oxygen atoms in total. The number of hydrogen-bond donors (Lipinski definition) is 0. The van der Waals surface area contributed by atoms with Crippen LogP contribution in [-0.4, -0.2) is 54.0 Å². The number of hydrogen-bond acceptors (Lipinski definition) is 8. The maximum atomic E-state index is 12.8. The number of carbonyl (C=O) groups excluding carboxylic acids is 3. The lowest BCUT2D eigenvalue weighted by molar-refractivity contribution is 0.0466. The molecule has 174 valence electrons. The van der Waals surface area contributed by atoms with Crippen LogP contribution in [0.5, 0.6) is 5.75 Å². The fraction of sp³-hybridized carbons (Fsp3) is 0.280. The second-order valence-electron chi connectivity index (χ2n) is 8.06. The van der Waals surface area contributed by atoms with Crippen molar-refractivity contribution in [3.05, 3.63) is 70.2 Å². The second kappa shape index (κ2) is 9.36. The quantitative estimate of drug-likeness (QED) is 0.375. The molecule has 2 aliphatic rings. The smallest absolute Gasteiger partial charge is 0.338 e. The van der Waals surface area contributed by atoms with Crippen LogP contribution in [0.3, 0.4) is 0 Å². The van der Waals surface area contributed by atoms with Crippen molar-refractivity contribution in [1.29, 1.82) is 0 Å². The molecule has 3 aromatic rings. The highest BCUT2D eigenvalue weighted by atomic mass is 32.1. The van der Waals surface area contributed by atoms with Crippen molar-refractivity contribution < 1.29 is 28.6 Å². The summed E-state index contributed by atoms with van der Waals surface area (Å²) in [6.45, 7) is 0.872. The zero-order valence-corrected chi connectivity index (χ0v) is 19.3. The molecule has 3 heterocycles. The van der Waals surface area contributed by atoms with Gasteiger partial charge in [-0.1, -0.05) is 0 Å². The number of nitrogens with zero attached hydrogens (tertiary/aromatic N) is 2. The predicted octanol–water partition coefficient (Wildman–Crippen LogP) is 3.95. The third-order valence-electron chi connectivity index (χ3n) is 5.86. The molecular weight excluding hydrogens is 456 g/mol. The SMILES string of the molecule is COc1ccc(-c2nc(COC(=O)c3ccc4c(c3)C(=O)N(CC3CCCO3)C4=O)cs2)cc1. The van der Waals surface area contributed by atoms with Crippen molar-refractivity contribution in [2.24, 2.45) is 0 Å². The van der Waals surface area contributed by atoms with Crippen LogP contribution in [-0.2, 0) is 16.1 Å². The number of fused-ring (bicyclic) bond motifs is 1. The first-order valence-corrected chi connectivity index (χ1v) is 11.8. The summed E-state index contributed by atoms with van der Waals surface area (Å²) in [6.07, 6.45) is 1.61. The lowest BCUT2D eigenvalue weighted by atomic mass is 10.1. The van der Waals surface area contributed by atoms with E-state index in [0.717, 1.165) is 29.2 Å². The number of esters is 1. The van der Waals surface area contributed by atoms with Crippen molar-refractivity contribution in [2.45, 2.75) is 25.6 Å². The molecule has 1 saturated heterocycles. The lowest BCUT2D eigenvalue weighted by Gasteiger charge is -2.17. The van der Waals surface area contributed by atoms with Crippen LogP contribution in [0.4, 0.5) is 0 Å². The van der Waals surface area contributed by atoms with E-state index in [-0.39, 0.29) is 36.3 Å². The van der Waals surface area contributed by atoms with Gasteiger partial charge >= 0.3 is 5.97 Å². The van der Waals surface area contributed by atoms with Crippen molar-refractivity contribution in [3.63, 3.8) is 0 Å². The summed E-state index contributed by atoms with van der Waals surface area (Å²) in [6, 6.07) is 12.0. The summed E-state index contributed by atoms with van der Waals surface area (Å²) in [5.74, 6) is -0.587. The number of amides is 2. The normalized spacial score (nSPS) is 17.2. The zero-order chi connectivity index (χ0) is 23.7. The molecule has 0 spiro atoms. The summed E-state index contributed by atoms with van der Waals surface area (Å²) in [5, 5.41) is 2.64. The molecule has 1 unspecified atom stereocenters. The van der Waals surface area contributed by atoms with E-state index in [2.05, 4.69) is 4.98 Å². The molecule has 34 heavy (non-hydrogen) atoms. The Bertz CT molecular complexity index is 1250. The van der Waals surface area contributed by atoms with Gasteiger partial charge in [0.2, 0.25) is 0 Å². The Labute approximate surface area is 200 Å². The molecule has 0 aliphatic carbocycles. The maximum absolute atomic E-state index is 12.8. The fourth-order valence-electron chi connectivity index (χ4n) is 4.04. The number of aromatic nitrogens is 1. The Balaban J connectivity index is 1.23. The van der Waals surface area contributed by atoms with Crippen LogP contribution in [0.1, 0.15) is 49.6 Å². The first-order chi connectivity index (χ1) is 16.5. The number of ether oxygens (including phenoxy) is 3. The Morgan fingerprint density at radius 2 is 1.94 bits per heavy atom. The molecule has 2 aliphatic heterocycles. The lowest BCUT2D eigenvalue weighted by Crippen LogP contribution is -2.36. The molecule has 0 N–H and O–H groups in total. The van der Waals surface area contributed by atoms with Gasteiger partial charge in [0.25, 0.3) is 11.8 Å². The molecule has 2 aromatic carbocycles. The van der Waals surface area contributed by atoms with E-state index in [1.807, 2.05) is 29.6 Å². The van der Waals surface area contributed by atoms with Crippen molar-refractivity contribution in [1.82, 2.24) is 9.88 Å². The van der Waals surface area contributed by atoms with Crippen LogP contribution >= 0.6 is 11.3 Å². The highest BCUT2D eigenvalue weighted by Crippen LogP contribution is 2.28.